The summed E-state index contributed by atoms with van der Waals surface area (Å²) in [5.41, 5.74) is 23.5. The molecule has 0 saturated heterocycles. The van der Waals surface area contributed by atoms with Crippen LogP contribution in [0.4, 0.5) is 0 Å². The van der Waals surface area contributed by atoms with E-state index in [0.717, 1.165) is 35.3 Å². The molecule has 0 saturated carbocycles. The van der Waals surface area contributed by atoms with Crippen LogP contribution in [0.5, 0.6) is 11.5 Å². The number of aromatic hydroxyl groups is 2. The van der Waals surface area contributed by atoms with Crippen molar-refractivity contribution in [1.29, 1.82) is 0 Å². The van der Waals surface area contributed by atoms with Gasteiger partial charge in [0.25, 0.3) is 0 Å². The normalized spacial score (nSPS) is 14.3. The molecular formula is C42H73N11O14S4. The van der Waals surface area contributed by atoms with Crippen LogP contribution in [0.1, 0.15) is 44.2 Å². The van der Waals surface area contributed by atoms with Crippen LogP contribution < -0.4 is 38.9 Å². The molecule has 0 fully saturated rings. The molecule has 0 radical (unpaired) electrons. The van der Waals surface area contributed by atoms with Crippen LogP contribution in [-0.4, -0.2) is 199 Å². The van der Waals surface area contributed by atoms with E-state index in [2.05, 4.69) is 16.0 Å². The molecule has 0 aromatic heterocycles. The predicted molar refractivity (Wildman–Crippen MR) is 268 cm³/mol. The number of amides is 4. The second kappa shape index (κ2) is 29.2. The Bertz CT molecular complexity index is 2490. The van der Waals surface area contributed by atoms with Crippen molar-refractivity contribution in [3.8, 4) is 11.5 Å². The van der Waals surface area contributed by atoms with E-state index in [4.69, 9.17) is 22.9 Å². The van der Waals surface area contributed by atoms with E-state index < -0.39 is 139 Å². The van der Waals surface area contributed by atoms with Gasteiger partial charge in [0.15, 0.2) is 0 Å². The first-order valence-corrected chi connectivity index (χ1v) is 29.6. The maximum atomic E-state index is 14.1. The lowest BCUT2D eigenvalue weighted by Gasteiger charge is -2.30. The topological polar surface area (TPSA) is 398 Å². The Balaban J connectivity index is 2.46. The van der Waals surface area contributed by atoms with Crippen molar-refractivity contribution in [2.24, 2.45) is 28.9 Å². The van der Waals surface area contributed by atoms with Crippen molar-refractivity contribution >= 4 is 63.7 Å². The van der Waals surface area contributed by atoms with E-state index in [1.807, 2.05) is 0 Å². The van der Waals surface area contributed by atoms with Crippen molar-refractivity contribution in [2.75, 3.05) is 96.0 Å². The average molecular weight is 1080 g/mol. The van der Waals surface area contributed by atoms with Gasteiger partial charge in [0.05, 0.1) is 50.2 Å². The lowest BCUT2D eigenvalue weighted by atomic mass is 10.0. The van der Waals surface area contributed by atoms with E-state index in [0.29, 0.717) is 24.8 Å². The third-order valence-electron chi connectivity index (χ3n) is 10.7. The standard InChI is InChI=1S/C42H73N11O14S4/c1-31(21-33-8-12-37(54)13-9-33)23-50(68(3,60)61)28-41(58)48-35(7-5-6-16-43)25-52(70(64,65)19-17-44)30-42(59)49-36(22-34-10-14-38(55)15-11-34)26-53(71(66,67)20-18-45)29-40(57)47-32(2)24-51(27-39(46)56)69(4,62)63/h8-15,31-32,35-36,54-55H,5-7,16-30,43-45H2,1-4H3,(H2,46,56)(H,47,57)(H,48,58)(H,49,59)/t31-,32-,35-,36-/m0/s1. The minimum absolute atomic E-state index is 0.0509. The Morgan fingerprint density at radius 3 is 1.38 bits per heavy atom. The zero-order chi connectivity index (χ0) is 53.7. The van der Waals surface area contributed by atoms with Gasteiger partial charge in [-0.2, -0.15) is 17.2 Å². The molecule has 0 aliphatic carbocycles. The number of hydrogen-bond acceptors (Lipinski definition) is 17. The number of unbranched alkanes of at least 4 members (excludes halogenated alkanes) is 1. The van der Waals surface area contributed by atoms with Crippen molar-refractivity contribution in [3.05, 3.63) is 59.7 Å². The Labute approximate surface area is 418 Å². The first-order valence-electron chi connectivity index (χ1n) is 22.7. The van der Waals surface area contributed by atoms with Crippen LogP contribution in [0, 0.1) is 5.92 Å². The molecule has 25 nitrogen and oxygen atoms in total. The van der Waals surface area contributed by atoms with Gasteiger partial charge in [-0.05, 0) is 80.5 Å². The Hall–Kier alpha value is -4.56. The summed E-state index contributed by atoms with van der Waals surface area (Å²) in [5.74, 6) is -5.11. The third-order valence-corrected chi connectivity index (χ3v) is 16.8. The number of rotatable bonds is 35. The predicted octanol–water partition coefficient (Wildman–Crippen LogP) is -3.69. The maximum Gasteiger partial charge on any atom is 0.235 e. The van der Waals surface area contributed by atoms with Crippen LogP contribution in [0.3, 0.4) is 0 Å². The maximum absolute atomic E-state index is 14.1. The molecule has 404 valence electrons. The number of hydrogen-bond donors (Lipinski definition) is 9. The van der Waals surface area contributed by atoms with E-state index in [1.165, 1.54) is 43.3 Å². The van der Waals surface area contributed by atoms with E-state index >= 15 is 0 Å². The van der Waals surface area contributed by atoms with Crippen molar-refractivity contribution < 1.29 is 63.1 Å². The van der Waals surface area contributed by atoms with Gasteiger partial charge in [-0.25, -0.2) is 33.7 Å². The monoisotopic (exact) mass is 1080 g/mol. The zero-order valence-corrected chi connectivity index (χ0v) is 43.9. The van der Waals surface area contributed by atoms with Gasteiger partial charge in [0.2, 0.25) is 63.7 Å². The molecule has 0 unspecified atom stereocenters. The van der Waals surface area contributed by atoms with Gasteiger partial charge in [0, 0.05) is 57.4 Å². The molecule has 0 spiro atoms. The number of phenolic OH excluding ortho intramolecular Hbond substituents is 2. The fourth-order valence-corrected chi connectivity index (χ4v) is 11.7. The fraction of sp³-hybridized carbons (Fsp3) is 0.619. The Morgan fingerprint density at radius 2 is 0.944 bits per heavy atom. The summed E-state index contributed by atoms with van der Waals surface area (Å²) in [6, 6.07) is 8.96. The molecule has 2 rings (SSSR count). The van der Waals surface area contributed by atoms with Gasteiger partial charge in [-0.3, -0.25) is 19.2 Å². The summed E-state index contributed by atoms with van der Waals surface area (Å²) in [6.45, 7) is -1.77. The first kappa shape index (κ1) is 62.6. The number of primary amides is 1. The van der Waals surface area contributed by atoms with Crippen molar-refractivity contribution in [3.63, 3.8) is 0 Å². The number of carbonyl (C=O) groups excluding carboxylic acids is 4. The SMILES string of the molecule is C[C@@H](Cc1ccc(O)cc1)CN(CC(=O)N[C@@H](CCCCN)CN(CC(=O)N[C@@H](Cc1ccc(O)cc1)CN(CC(=O)N[C@@H](C)CN(CC(N)=O)S(C)(=O)=O)S(=O)(=O)CCN)S(=O)(=O)CCN)S(C)(=O)=O. The molecule has 0 heterocycles. The van der Waals surface area contributed by atoms with Gasteiger partial charge in [-0.1, -0.05) is 37.6 Å². The Kier molecular flexibility index (Phi) is 25.7. The smallest absolute Gasteiger partial charge is 0.235 e. The van der Waals surface area contributed by atoms with Crippen LogP contribution in [0.25, 0.3) is 0 Å². The summed E-state index contributed by atoms with van der Waals surface area (Å²) in [7, 11) is -16.6. The number of nitrogens with two attached hydrogens (primary N) is 4. The molecule has 13 N–H and O–H groups in total. The molecule has 0 aliphatic rings. The highest BCUT2D eigenvalue weighted by Crippen LogP contribution is 2.17. The van der Waals surface area contributed by atoms with Crippen molar-refractivity contribution in [1.82, 2.24) is 33.2 Å². The van der Waals surface area contributed by atoms with Crippen molar-refractivity contribution in [2.45, 2.75) is 64.1 Å². The summed E-state index contributed by atoms with van der Waals surface area (Å²) >= 11 is 0. The number of sulfonamides is 4. The molecular weight excluding hydrogens is 1010 g/mol. The largest absolute Gasteiger partial charge is 0.508 e. The summed E-state index contributed by atoms with van der Waals surface area (Å²) in [6.07, 6.45) is 3.12. The number of carbonyl (C=O) groups is 4. The first-order chi connectivity index (χ1) is 33.0. The lowest BCUT2D eigenvalue weighted by molar-refractivity contribution is -0.123. The quantitative estimate of drug-likeness (QED) is 0.0300. The lowest BCUT2D eigenvalue weighted by Crippen LogP contribution is -2.55. The van der Waals surface area contributed by atoms with Crippen LogP contribution in [-0.2, 0) is 72.1 Å². The van der Waals surface area contributed by atoms with Gasteiger partial charge >= 0.3 is 0 Å². The summed E-state index contributed by atoms with van der Waals surface area (Å²) < 4.78 is 109. The van der Waals surface area contributed by atoms with Crippen LogP contribution >= 0.6 is 0 Å². The highest BCUT2D eigenvalue weighted by Gasteiger charge is 2.33. The third kappa shape index (κ3) is 24.1. The molecule has 2 aromatic rings. The highest BCUT2D eigenvalue weighted by atomic mass is 32.2. The average Bonchev–Trinajstić information content (AvgIpc) is 3.23. The molecule has 29 heteroatoms. The zero-order valence-electron chi connectivity index (χ0n) is 40.7. The van der Waals surface area contributed by atoms with Gasteiger partial charge in [0.1, 0.15) is 11.5 Å². The second-order valence-corrected chi connectivity index (χ2v) is 25.6. The number of benzene rings is 2. The molecule has 71 heavy (non-hydrogen) atoms. The molecule has 0 bridgehead atoms. The fourth-order valence-electron chi connectivity index (χ4n) is 7.38. The summed E-state index contributed by atoms with van der Waals surface area (Å²) in [5, 5.41) is 27.5. The van der Waals surface area contributed by atoms with Crippen LogP contribution in [0.15, 0.2) is 48.5 Å². The highest BCUT2D eigenvalue weighted by molar-refractivity contribution is 7.89. The summed E-state index contributed by atoms with van der Waals surface area (Å²) in [4.78, 5) is 52.7. The minimum Gasteiger partial charge on any atom is -0.508 e. The number of phenols is 2. The van der Waals surface area contributed by atoms with Gasteiger partial charge in [-0.15, -0.1) is 0 Å². The van der Waals surface area contributed by atoms with E-state index in [9.17, 15) is 63.1 Å². The molecule has 4 atom stereocenters. The van der Waals surface area contributed by atoms with E-state index in [1.54, 1.807) is 19.1 Å². The molecule has 4 amide bonds. The second-order valence-electron chi connectivity index (χ2n) is 17.5. The number of nitrogens with zero attached hydrogens (tertiary/aromatic N) is 4. The Morgan fingerprint density at radius 1 is 0.535 bits per heavy atom. The molecule has 2 aromatic carbocycles. The number of nitrogens with one attached hydrogen (secondary N) is 3. The van der Waals surface area contributed by atoms with Gasteiger partial charge < -0.3 is 49.1 Å². The molecule has 0 aliphatic heterocycles. The minimum atomic E-state index is -4.36. The van der Waals surface area contributed by atoms with E-state index in [-0.39, 0.29) is 56.4 Å². The van der Waals surface area contributed by atoms with Crippen LogP contribution in [0.2, 0.25) is 0 Å².